The molecule has 0 bridgehead atoms. The average molecular weight is 371 g/mol. The van der Waals surface area contributed by atoms with Crippen molar-refractivity contribution in [1.82, 2.24) is 0 Å². The van der Waals surface area contributed by atoms with Crippen molar-refractivity contribution in [2.45, 2.75) is 0 Å². The highest BCUT2D eigenvalue weighted by Crippen LogP contribution is 2.27. The maximum atomic E-state index is 12.3. The third kappa shape index (κ3) is 4.59. The Morgan fingerprint density at radius 3 is 2.46 bits per heavy atom. The molecule has 0 radical (unpaired) electrons. The monoisotopic (exact) mass is 370 g/mol. The first-order valence-corrected chi connectivity index (χ1v) is 7.84. The van der Waals surface area contributed by atoms with E-state index in [0.29, 0.717) is 5.56 Å². The molecule has 0 saturated heterocycles. The van der Waals surface area contributed by atoms with Crippen LogP contribution in [0.1, 0.15) is 5.56 Å². The number of amides is 1. The lowest BCUT2D eigenvalue weighted by molar-refractivity contribution is -0.384. The van der Waals surface area contributed by atoms with Gasteiger partial charge >= 0.3 is 0 Å². The number of carbonyl (C=O) groups is 1. The third-order valence-corrected chi connectivity index (χ3v) is 3.82. The zero-order valence-corrected chi connectivity index (χ0v) is 14.8. The fourth-order valence-corrected chi connectivity index (χ4v) is 2.26. The van der Waals surface area contributed by atoms with E-state index in [1.54, 1.807) is 12.1 Å². The first-order chi connectivity index (χ1) is 12.3. The van der Waals surface area contributed by atoms with Crippen molar-refractivity contribution in [3.63, 3.8) is 0 Å². The molecule has 8 heteroatoms. The van der Waals surface area contributed by atoms with E-state index in [2.05, 4.69) is 5.32 Å². The summed E-state index contributed by atoms with van der Waals surface area (Å²) in [5, 5.41) is 22.7. The van der Waals surface area contributed by atoms with Gasteiger partial charge in [0.1, 0.15) is 11.6 Å². The first kappa shape index (κ1) is 19.0. The molecule has 0 heterocycles. The van der Waals surface area contributed by atoms with Crippen LogP contribution in [0.2, 0.25) is 5.02 Å². The number of nitrogens with zero attached hydrogens (tertiary/aromatic N) is 3. The second-order valence-corrected chi connectivity index (χ2v) is 5.94. The van der Waals surface area contributed by atoms with Gasteiger partial charge in [0.15, 0.2) is 0 Å². The van der Waals surface area contributed by atoms with Crippen LogP contribution in [0, 0.1) is 21.4 Å². The molecule has 0 aromatic heterocycles. The number of nitrogens with one attached hydrogen (secondary N) is 1. The van der Waals surface area contributed by atoms with Crippen LogP contribution in [0.15, 0.2) is 48.0 Å². The second kappa shape index (κ2) is 8.14. The summed E-state index contributed by atoms with van der Waals surface area (Å²) in [6.45, 7) is 0. The summed E-state index contributed by atoms with van der Waals surface area (Å²) in [6.07, 6.45) is 1.43. The minimum absolute atomic E-state index is 0.0648. The normalized spacial score (nSPS) is 10.8. The van der Waals surface area contributed by atoms with Gasteiger partial charge in [0.2, 0.25) is 0 Å². The van der Waals surface area contributed by atoms with E-state index >= 15 is 0 Å². The summed E-state index contributed by atoms with van der Waals surface area (Å²) >= 11 is 5.96. The molecule has 0 fully saturated rings. The molecule has 0 aliphatic heterocycles. The Kier molecular flexibility index (Phi) is 5.94. The molecule has 2 aromatic carbocycles. The van der Waals surface area contributed by atoms with Crippen LogP contribution >= 0.6 is 11.6 Å². The number of nitro benzene ring substituents is 1. The molecule has 2 aromatic rings. The number of carbonyl (C=O) groups excluding carboxylic acids is 1. The number of hydrogen-bond acceptors (Lipinski definition) is 5. The van der Waals surface area contributed by atoms with Crippen LogP contribution in [0.3, 0.4) is 0 Å². The summed E-state index contributed by atoms with van der Waals surface area (Å²) in [6, 6.07) is 12.8. The van der Waals surface area contributed by atoms with Gasteiger partial charge in [-0.15, -0.1) is 0 Å². The van der Waals surface area contributed by atoms with Gasteiger partial charge in [-0.2, -0.15) is 5.26 Å². The van der Waals surface area contributed by atoms with Gasteiger partial charge in [-0.05, 0) is 29.8 Å². The number of nitro groups is 1. The van der Waals surface area contributed by atoms with Crippen LogP contribution in [0.5, 0.6) is 0 Å². The van der Waals surface area contributed by atoms with Crippen LogP contribution in [0.4, 0.5) is 17.1 Å². The lowest BCUT2D eigenvalue weighted by atomic mass is 10.1. The van der Waals surface area contributed by atoms with Crippen LogP contribution in [0.25, 0.3) is 6.08 Å². The summed E-state index contributed by atoms with van der Waals surface area (Å²) in [4.78, 5) is 24.5. The van der Waals surface area contributed by atoms with Gasteiger partial charge < -0.3 is 10.2 Å². The SMILES string of the molecule is CN(C)c1ccc(/C=C(\C#N)C(=O)Nc2cc([N+](=O)[O-])ccc2Cl)cc1. The Labute approximate surface area is 155 Å². The van der Waals surface area contributed by atoms with Gasteiger partial charge in [0.25, 0.3) is 11.6 Å². The van der Waals surface area contributed by atoms with Crippen molar-refractivity contribution in [2.24, 2.45) is 0 Å². The molecule has 1 N–H and O–H groups in total. The summed E-state index contributed by atoms with van der Waals surface area (Å²) in [7, 11) is 3.81. The molecule has 7 nitrogen and oxygen atoms in total. The molecule has 0 aliphatic carbocycles. The number of anilines is 2. The summed E-state index contributed by atoms with van der Waals surface area (Å²) in [5.74, 6) is -0.702. The molecule has 1 amide bonds. The Balaban J connectivity index is 2.25. The van der Waals surface area contributed by atoms with Crippen molar-refractivity contribution in [1.29, 1.82) is 5.26 Å². The molecule has 0 spiro atoms. The van der Waals surface area contributed by atoms with E-state index in [1.165, 1.54) is 18.2 Å². The molecule has 0 saturated carbocycles. The van der Waals surface area contributed by atoms with E-state index in [0.717, 1.165) is 11.8 Å². The van der Waals surface area contributed by atoms with Crippen molar-refractivity contribution < 1.29 is 9.72 Å². The van der Waals surface area contributed by atoms with Crippen molar-refractivity contribution in [2.75, 3.05) is 24.3 Å². The van der Waals surface area contributed by atoms with Gasteiger partial charge in [0.05, 0.1) is 15.6 Å². The molecule has 132 valence electrons. The molecule has 2 rings (SSSR count). The van der Waals surface area contributed by atoms with Crippen LogP contribution in [-0.2, 0) is 4.79 Å². The zero-order chi connectivity index (χ0) is 19.3. The fraction of sp³-hybridized carbons (Fsp3) is 0.111. The topological polar surface area (TPSA) is 99.3 Å². The van der Waals surface area contributed by atoms with Crippen molar-refractivity contribution in [3.8, 4) is 6.07 Å². The van der Waals surface area contributed by atoms with E-state index < -0.39 is 10.8 Å². The highest BCUT2D eigenvalue weighted by Gasteiger charge is 2.15. The number of rotatable bonds is 5. The minimum Gasteiger partial charge on any atom is -0.378 e. The highest BCUT2D eigenvalue weighted by atomic mass is 35.5. The first-order valence-electron chi connectivity index (χ1n) is 7.46. The second-order valence-electron chi connectivity index (χ2n) is 5.53. The van der Waals surface area contributed by atoms with E-state index in [9.17, 15) is 20.2 Å². The lowest BCUT2D eigenvalue weighted by Gasteiger charge is -2.12. The van der Waals surface area contributed by atoms with E-state index in [4.69, 9.17) is 11.6 Å². The zero-order valence-electron chi connectivity index (χ0n) is 14.1. The molecular weight excluding hydrogens is 356 g/mol. The number of benzene rings is 2. The van der Waals surface area contributed by atoms with Gasteiger partial charge in [0, 0.05) is 31.9 Å². The van der Waals surface area contributed by atoms with Crippen molar-refractivity contribution in [3.05, 3.63) is 68.7 Å². The standard InChI is InChI=1S/C18H15ClN4O3/c1-22(2)14-5-3-12(4-6-14)9-13(11-20)18(24)21-17-10-15(23(25)26)7-8-16(17)19/h3-10H,1-2H3,(H,21,24)/b13-9+. The quantitative estimate of drug-likeness (QED) is 0.373. The smallest absolute Gasteiger partial charge is 0.271 e. The molecular formula is C18H15ClN4O3. The minimum atomic E-state index is -0.702. The lowest BCUT2D eigenvalue weighted by Crippen LogP contribution is -2.14. The Morgan fingerprint density at radius 1 is 1.27 bits per heavy atom. The molecule has 26 heavy (non-hydrogen) atoms. The van der Waals surface area contributed by atoms with Gasteiger partial charge in [-0.3, -0.25) is 14.9 Å². The van der Waals surface area contributed by atoms with E-state index in [-0.39, 0.29) is 22.0 Å². The number of hydrogen-bond donors (Lipinski definition) is 1. The maximum absolute atomic E-state index is 12.3. The van der Waals surface area contributed by atoms with E-state index in [1.807, 2.05) is 37.2 Å². The Morgan fingerprint density at radius 2 is 1.92 bits per heavy atom. The largest absolute Gasteiger partial charge is 0.378 e. The number of halogens is 1. The summed E-state index contributed by atoms with van der Waals surface area (Å²) in [5.41, 5.74) is 1.35. The summed E-state index contributed by atoms with van der Waals surface area (Å²) < 4.78 is 0. The van der Waals surface area contributed by atoms with Crippen LogP contribution < -0.4 is 10.2 Å². The van der Waals surface area contributed by atoms with Crippen molar-refractivity contribution >= 4 is 40.6 Å². The molecule has 0 atom stereocenters. The average Bonchev–Trinajstić information content (AvgIpc) is 2.61. The van der Waals surface area contributed by atoms with Gasteiger partial charge in [-0.25, -0.2) is 0 Å². The molecule has 0 aliphatic rings. The predicted molar refractivity (Wildman–Crippen MR) is 101 cm³/mol. The number of non-ortho nitro benzene ring substituents is 1. The Bertz CT molecular complexity index is 915. The highest BCUT2D eigenvalue weighted by molar-refractivity contribution is 6.34. The van der Waals surface area contributed by atoms with Crippen LogP contribution in [-0.4, -0.2) is 24.9 Å². The fourth-order valence-electron chi connectivity index (χ4n) is 2.10. The Hall–Kier alpha value is -3.37. The molecule has 0 unspecified atom stereocenters. The maximum Gasteiger partial charge on any atom is 0.271 e. The predicted octanol–water partition coefficient (Wildman–Crippen LogP) is 3.86. The number of nitriles is 1. The third-order valence-electron chi connectivity index (χ3n) is 3.49. The van der Waals surface area contributed by atoms with Gasteiger partial charge in [-0.1, -0.05) is 23.7 Å².